The molecular formula is C17H28O6. The van der Waals surface area contributed by atoms with Gasteiger partial charge in [0.25, 0.3) is 0 Å². The number of hydrogen-bond acceptors (Lipinski definition) is 6. The molecule has 0 aromatic heterocycles. The zero-order chi connectivity index (χ0) is 18.2. The molecule has 0 aromatic carbocycles. The Hall–Kier alpha value is -1.66. The summed E-state index contributed by atoms with van der Waals surface area (Å²) in [4.78, 5) is 23.1. The van der Waals surface area contributed by atoms with Crippen molar-refractivity contribution in [3.63, 3.8) is 0 Å². The molecule has 0 fully saturated rings. The number of ether oxygens (including phenoxy) is 2. The highest BCUT2D eigenvalue weighted by Crippen LogP contribution is 2.17. The monoisotopic (exact) mass is 328 g/mol. The Morgan fingerprint density at radius 2 is 1.48 bits per heavy atom. The first-order valence-electron chi connectivity index (χ1n) is 7.56. The second-order valence-corrected chi connectivity index (χ2v) is 6.40. The molecule has 0 aromatic rings. The van der Waals surface area contributed by atoms with Crippen molar-refractivity contribution < 1.29 is 29.3 Å². The first kappa shape index (κ1) is 21.3. The minimum atomic E-state index is -1.06. The molecule has 1 atom stereocenters. The minimum absolute atomic E-state index is 0.198. The van der Waals surface area contributed by atoms with Gasteiger partial charge in [-0.2, -0.15) is 0 Å². The normalized spacial score (nSPS) is 12.7. The number of carbonyl (C=O) groups is 2. The van der Waals surface area contributed by atoms with Crippen molar-refractivity contribution in [2.24, 2.45) is 0 Å². The minimum Gasteiger partial charge on any atom is -0.422 e. The second-order valence-electron chi connectivity index (χ2n) is 6.40. The lowest BCUT2D eigenvalue weighted by atomic mass is 9.98. The van der Waals surface area contributed by atoms with E-state index < -0.39 is 29.9 Å². The molecule has 0 aliphatic heterocycles. The van der Waals surface area contributed by atoms with E-state index in [9.17, 15) is 19.8 Å². The molecule has 132 valence electrons. The van der Waals surface area contributed by atoms with Gasteiger partial charge in [-0.25, -0.2) is 9.59 Å². The molecule has 0 aliphatic rings. The summed E-state index contributed by atoms with van der Waals surface area (Å²) in [5.74, 6) is -1.30. The highest BCUT2D eigenvalue weighted by Gasteiger charge is 2.22. The fourth-order valence-electron chi connectivity index (χ4n) is 1.78. The van der Waals surface area contributed by atoms with Crippen molar-refractivity contribution in [2.45, 2.75) is 71.4 Å². The largest absolute Gasteiger partial charge is 0.422 e. The van der Waals surface area contributed by atoms with Crippen LogP contribution in [0.15, 0.2) is 24.3 Å². The standard InChI is InChI=1S/C17H28O6/c1-11(2)15(19)22-14(23-16(20)12(3)4)9-7-8-13(18)10-17(5,6)21/h13-14,18,21H,1,3,7-10H2,2,4-6H3. The SMILES string of the molecule is C=C(C)C(=O)OC(CCCC(O)CC(C)(C)O)OC(=O)C(=C)C. The zero-order valence-corrected chi connectivity index (χ0v) is 14.4. The Morgan fingerprint density at radius 3 is 1.83 bits per heavy atom. The summed E-state index contributed by atoms with van der Waals surface area (Å²) >= 11 is 0. The first-order chi connectivity index (χ1) is 10.4. The predicted molar refractivity (Wildman–Crippen MR) is 86.4 cm³/mol. The third kappa shape index (κ3) is 10.7. The van der Waals surface area contributed by atoms with Crippen molar-refractivity contribution in [3.8, 4) is 0 Å². The van der Waals surface area contributed by atoms with Crippen LogP contribution in [0.1, 0.15) is 53.4 Å². The van der Waals surface area contributed by atoms with E-state index in [0.29, 0.717) is 12.8 Å². The van der Waals surface area contributed by atoms with E-state index >= 15 is 0 Å². The summed E-state index contributed by atoms with van der Waals surface area (Å²) in [6.45, 7) is 13.2. The zero-order valence-electron chi connectivity index (χ0n) is 14.4. The van der Waals surface area contributed by atoms with Gasteiger partial charge in [-0.1, -0.05) is 13.2 Å². The lowest BCUT2D eigenvalue weighted by Crippen LogP contribution is -2.27. The van der Waals surface area contributed by atoms with Crippen LogP contribution in [0, 0.1) is 0 Å². The third-order valence-electron chi connectivity index (χ3n) is 2.89. The number of aliphatic hydroxyl groups is 2. The predicted octanol–water partition coefficient (Wildman–Crippen LogP) is 2.24. The van der Waals surface area contributed by atoms with Gasteiger partial charge in [0.15, 0.2) is 0 Å². The number of aliphatic hydroxyl groups excluding tert-OH is 1. The molecule has 2 N–H and O–H groups in total. The quantitative estimate of drug-likeness (QED) is 0.363. The molecular weight excluding hydrogens is 300 g/mol. The van der Waals surface area contributed by atoms with E-state index in [-0.39, 0.29) is 24.0 Å². The van der Waals surface area contributed by atoms with Crippen LogP contribution in [-0.4, -0.2) is 40.1 Å². The van der Waals surface area contributed by atoms with Crippen LogP contribution in [0.2, 0.25) is 0 Å². The van der Waals surface area contributed by atoms with E-state index in [1.54, 1.807) is 13.8 Å². The van der Waals surface area contributed by atoms with Crippen LogP contribution in [-0.2, 0) is 19.1 Å². The van der Waals surface area contributed by atoms with Gasteiger partial charge in [0.2, 0.25) is 6.29 Å². The Bertz CT molecular complexity index is 418. The van der Waals surface area contributed by atoms with Gasteiger partial charge in [0.05, 0.1) is 11.7 Å². The highest BCUT2D eigenvalue weighted by atomic mass is 16.7. The smallest absolute Gasteiger partial charge is 0.336 e. The summed E-state index contributed by atoms with van der Waals surface area (Å²) in [5, 5.41) is 19.5. The molecule has 0 radical (unpaired) electrons. The fourth-order valence-corrected chi connectivity index (χ4v) is 1.78. The molecule has 0 saturated carbocycles. The van der Waals surface area contributed by atoms with Crippen molar-refractivity contribution in [1.82, 2.24) is 0 Å². The maximum absolute atomic E-state index is 11.6. The van der Waals surface area contributed by atoms with Crippen LogP contribution in [0.3, 0.4) is 0 Å². The maximum Gasteiger partial charge on any atom is 0.336 e. The maximum atomic E-state index is 11.6. The van der Waals surface area contributed by atoms with Gasteiger partial charge >= 0.3 is 11.9 Å². The van der Waals surface area contributed by atoms with E-state index in [0.717, 1.165) is 0 Å². The van der Waals surface area contributed by atoms with Crippen LogP contribution >= 0.6 is 0 Å². The van der Waals surface area contributed by atoms with Crippen molar-refractivity contribution in [1.29, 1.82) is 0 Å². The summed E-state index contributed by atoms with van der Waals surface area (Å²) in [5.41, 5.74) is -0.565. The van der Waals surface area contributed by atoms with Gasteiger partial charge in [-0.05, 0) is 40.5 Å². The molecule has 0 aliphatic carbocycles. The lowest BCUT2D eigenvalue weighted by molar-refractivity contribution is -0.183. The van der Waals surface area contributed by atoms with E-state index in [1.165, 1.54) is 13.8 Å². The molecule has 0 heterocycles. The number of hydrogen-bond donors (Lipinski definition) is 2. The van der Waals surface area contributed by atoms with Crippen LogP contribution < -0.4 is 0 Å². The summed E-state index contributed by atoms with van der Waals surface area (Å²) in [6, 6.07) is 0. The van der Waals surface area contributed by atoms with Gasteiger partial charge in [0.1, 0.15) is 0 Å². The van der Waals surface area contributed by atoms with E-state index in [4.69, 9.17) is 9.47 Å². The Labute approximate surface area is 137 Å². The van der Waals surface area contributed by atoms with Gasteiger partial charge in [0, 0.05) is 24.0 Å². The van der Waals surface area contributed by atoms with E-state index in [1.807, 2.05) is 0 Å². The first-order valence-corrected chi connectivity index (χ1v) is 7.56. The molecule has 23 heavy (non-hydrogen) atoms. The van der Waals surface area contributed by atoms with Crippen LogP contribution in [0.5, 0.6) is 0 Å². The Morgan fingerprint density at radius 1 is 1.04 bits per heavy atom. The summed E-state index contributed by atoms with van der Waals surface area (Å²) in [6.07, 6.45) is -0.442. The third-order valence-corrected chi connectivity index (χ3v) is 2.89. The molecule has 0 amide bonds. The Balaban J connectivity index is 4.51. The van der Waals surface area contributed by atoms with Crippen LogP contribution in [0.4, 0.5) is 0 Å². The Kier molecular flexibility index (Phi) is 8.79. The van der Waals surface area contributed by atoms with Crippen molar-refractivity contribution in [3.05, 3.63) is 24.3 Å². The lowest BCUT2D eigenvalue weighted by Gasteiger charge is -2.22. The van der Waals surface area contributed by atoms with Gasteiger partial charge in [-0.3, -0.25) is 0 Å². The molecule has 0 rings (SSSR count). The topological polar surface area (TPSA) is 93.1 Å². The van der Waals surface area contributed by atoms with Crippen LogP contribution in [0.25, 0.3) is 0 Å². The second kappa shape index (κ2) is 9.47. The molecule has 0 saturated heterocycles. The number of carbonyl (C=O) groups excluding carboxylic acids is 2. The van der Waals surface area contributed by atoms with Gasteiger partial charge < -0.3 is 19.7 Å². The number of esters is 2. The fraction of sp³-hybridized carbons (Fsp3) is 0.647. The molecule has 0 bridgehead atoms. The summed E-state index contributed by atoms with van der Waals surface area (Å²) < 4.78 is 10.1. The molecule has 1 unspecified atom stereocenters. The van der Waals surface area contributed by atoms with Gasteiger partial charge in [-0.15, -0.1) is 0 Å². The number of rotatable bonds is 10. The average molecular weight is 328 g/mol. The van der Waals surface area contributed by atoms with Crippen molar-refractivity contribution >= 4 is 11.9 Å². The highest BCUT2D eigenvalue weighted by molar-refractivity contribution is 5.88. The van der Waals surface area contributed by atoms with Crippen molar-refractivity contribution in [2.75, 3.05) is 0 Å². The van der Waals surface area contributed by atoms with E-state index in [2.05, 4.69) is 13.2 Å². The molecule has 6 nitrogen and oxygen atoms in total. The molecule has 6 heteroatoms. The molecule has 0 spiro atoms. The average Bonchev–Trinajstić information content (AvgIpc) is 2.35. The summed E-state index contributed by atoms with van der Waals surface area (Å²) in [7, 11) is 0.